The number of nitrogen functional groups attached to an aromatic ring is 1. The number of amides is 1. The molecule has 0 saturated heterocycles. The smallest absolute Gasteiger partial charge is 0.261 e. The molecular weight excluding hydrogens is 232 g/mol. The summed E-state index contributed by atoms with van der Waals surface area (Å²) < 4.78 is 1.10. The van der Waals surface area contributed by atoms with Gasteiger partial charge >= 0.3 is 0 Å². The number of thiophene rings is 1. The van der Waals surface area contributed by atoms with E-state index in [0.29, 0.717) is 0 Å². The molecule has 1 heterocycles. The Kier molecular flexibility index (Phi) is 2.16. The maximum atomic E-state index is 12.0. The highest BCUT2D eigenvalue weighted by Gasteiger charge is 2.39. The lowest BCUT2D eigenvalue weighted by molar-refractivity contribution is 0.0939. The summed E-state index contributed by atoms with van der Waals surface area (Å²) in [5.74, 6) is 0.0322. The average Bonchev–Trinajstić information content (AvgIpc) is 2.85. The van der Waals surface area contributed by atoms with Crippen LogP contribution in [0.15, 0.2) is 24.3 Å². The van der Waals surface area contributed by atoms with Crippen LogP contribution in [0.2, 0.25) is 0 Å². The van der Waals surface area contributed by atoms with E-state index >= 15 is 0 Å². The lowest BCUT2D eigenvalue weighted by Gasteiger charge is -2.09. The number of nitrogens with two attached hydrogens (primary N) is 1. The van der Waals surface area contributed by atoms with Crippen LogP contribution >= 0.6 is 11.3 Å². The topological polar surface area (TPSA) is 55.1 Å². The second-order valence-electron chi connectivity index (χ2n) is 4.92. The normalized spacial score (nSPS) is 17.0. The molecule has 0 atom stereocenters. The minimum atomic E-state index is 0.0322. The first kappa shape index (κ1) is 10.6. The fourth-order valence-electron chi connectivity index (χ4n) is 1.82. The molecule has 0 unspecified atom stereocenters. The molecule has 3 nitrogen and oxygen atoms in total. The number of carbonyl (C=O) groups excluding carboxylic acids is 1. The van der Waals surface area contributed by atoms with E-state index in [2.05, 4.69) is 12.2 Å². The molecule has 1 aromatic carbocycles. The van der Waals surface area contributed by atoms with Gasteiger partial charge in [-0.3, -0.25) is 4.79 Å². The van der Waals surface area contributed by atoms with E-state index in [1.807, 2.05) is 24.3 Å². The molecule has 1 saturated carbocycles. The van der Waals surface area contributed by atoms with Gasteiger partial charge in [-0.15, -0.1) is 11.3 Å². The number of fused-ring (bicyclic) bond motifs is 1. The summed E-state index contributed by atoms with van der Waals surface area (Å²) in [5.41, 5.74) is 6.49. The van der Waals surface area contributed by atoms with Crippen molar-refractivity contribution in [2.24, 2.45) is 0 Å². The number of rotatable bonds is 2. The quantitative estimate of drug-likeness (QED) is 0.800. The van der Waals surface area contributed by atoms with Gasteiger partial charge in [-0.2, -0.15) is 0 Å². The van der Waals surface area contributed by atoms with Gasteiger partial charge < -0.3 is 11.1 Å². The number of anilines is 1. The first-order valence-electron chi connectivity index (χ1n) is 5.67. The zero-order chi connectivity index (χ0) is 12.0. The average molecular weight is 246 g/mol. The van der Waals surface area contributed by atoms with Crippen molar-refractivity contribution in [2.75, 3.05) is 5.73 Å². The van der Waals surface area contributed by atoms with Crippen LogP contribution < -0.4 is 11.1 Å². The minimum Gasteiger partial charge on any atom is -0.399 e. The molecule has 0 spiro atoms. The van der Waals surface area contributed by atoms with E-state index in [0.717, 1.165) is 33.5 Å². The second kappa shape index (κ2) is 3.47. The van der Waals surface area contributed by atoms with Gasteiger partial charge in [0.1, 0.15) is 0 Å². The number of hydrogen-bond acceptors (Lipinski definition) is 3. The molecule has 0 bridgehead atoms. The molecule has 17 heavy (non-hydrogen) atoms. The molecule has 1 amide bonds. The summed E-state index contributed by atoms with van der Waals surface area (Å²) in [5, 5.41) is 4.11. The van der Waals surface area contributed by atoms with Crippen LogP contribution in [-0.4, -0.2) is 11.4 Å². The number of nitrogens with one attached hydrogen (secondary N) is 1. The first-order chi connectivity index (χ1) is 8.06. The van der Waals surface area contributed by atoms with E-state index < -0.39 is 0 Å². The SMILES string of the molecule is CC1(NC(=O)c2cc3cc(N)ccc3s2)CC1. The summed E-state index contributed by atoms with van der Waals surface area (Å²) in [7, 11) is 0. The summed E-state index contributed by atoms with van der Waals surface area (Å²) in [6.07, 6.45) is 2.16. The predicted molar refractivity (Wildman–Crippen MR) is 71.3 cm³/mol. The van der Waals surface area contributed by atoms with E-state index in [1.54, 1.807) is 0 Å². The van der Waals surface area contributed by atoms with E-state index in [1.165, 1.54) is 11.3 Å². The molecule has 0 radical (unpaired) electrons. The van der Waals surface area contributed by atoms with Crippen molar-refractivity contribution < 1.29 is 4.79 Å². The van der Waals surface area contributed by atoms with E-state index in [4.69, 9.17) is 5.73 Å². The van der Waals surface area contributed by atoms with Gasteiger partial charge in [0.05, 0.1) is 4.88 Å². The molecular formula is C13H14N2OS. The van der Waals surface area contributed by atoms with Gasteiger partial charge in [0.2, 0.25) is 0 Å². The van der Waals surface area contributed by atoms with Crippen molar-refractivity contribution in [3.8, 4) is 0 Å². The van der Waals surface area contributed by atoms with Crippen LogP contribution in [0.1, 0.15) is 29.4 Å². The zero-order valence-electron chi connectivity index (χ0n) is 9.62. The summed E-state index contributed by atoms with van der Waals surface area (Å²) in [6.45, 7) is 2.08. The summed E-state index contributed by atoms with van der Waals surface area (Å²) in [6, 6.07) is 7.65. The number of benzene rings is 1. The third-order valence-electron chi connectivity index (χ3n) is 3.18. The lowest BCUT2D eigenvalue weighted by Crippen LogP contribution is -2.33. The van der Waals surface area contributed by atoms with Crippen LogP contribution in [0, 0.1) is 0 Å². The molecule has 2 aromatic rings. The van der Waals surface area contributed by atoms with Crippen LogP contribution in [-0.2, 0) is 0 Å². The Balaban J connectivity index is 1.92. The van der Waals surface area contributed by atoms with E-state index in [9.17, 15) is 4.79 Å². The van der Waals surface area contributed by atoms with Gasteiger partial charge in [0, 0.05) is 15.9 Å². The Morgan fingerprint density at radius 2 is 2.18 bits per heavy atom. The van der Waals surface area contributed by atoms with Crippen LogP contribution in [0.4, 0.5) is 5.69 Å². The van der Waals surface area contributed by atoms with Gasteiger partial charge in [-0.1, -0.05) is 0 Å². The molecule has 1 aromatic heterocycles. The van der Waals surface area contributed by atoms with Crippen molar-refractivity contribution in [2.45, 2.75) is 25.3 Å². The largest absolute Gasteiger partial charge is 0.399 e. The molecule has 1 aliphatic carbocycles. The third-order valence-corrected chi connectivity index (χ3v) is 4.29. The highest BCUT2D eigenvalue weighted by atomic mass is 32.1. The Morgan fingerprint density at radius 1 is 1.41 bits per heavy atom. The Hall–Kier alpha value is -1.55. The van der Waals surface area contributed by atoms with Crippen molar-refractivity contribution >= 4 is 33.0 Å². The van der Waals surface area contributed by atoms with Gasteiger partial charge in [0.15, 0.2) is 0 Å². The lowest BCUT2D eigenvalue weighted by atomic mass is 10.2. The second-order valence-corrected chi connectivity index (χ2v) is 6.01. The van der Waals surface area contributed by atoms with Gasteiger partial charge in [-0.05, 0) is 49.4 Å². The Bertz CT molecular complexity index is 598. The predicted octanol–water partition coefficient (Wildman–Crippen LogP) is 2.77. The molecule has 0 aliphatic heterocycles. The molecule has 4 heteroatoms. The first-order valence-corrected chi connectivity index (χ1v) is 6.49. The van der Waals surface area contributed by atoms with E-state index in [-0.39, 0.29) is 11.4 Å². The van der Waals surface area contributed by atoms with Gasteiger partial charge in [0.25, 0.3) is 5.91 Å². The summed E-state index contributed by atoms with van der Waals surface area (Å²) >= 11 is 1.51. The van der Waals surface area contributed by atoms with Crippen molar-refractivity contribution in [1.29, 1.82) is 0 Å². The van der Waals surface area contributed by atoms with Crippen molar-refractivity contribution in [3.63, 3.8) is 0 Å². The fourth-order valence-corrected chi connectivity index (χ4v) is 2.76. The molecule has 1 aliphatic rings. The highest BCUT2D eigenvalue weighted by molar-refractivity contribution is 7.20. The molecule has 1 fully saturated rings. The van der Waals surface area contributed by atoms with Crippen molar-refractivity contribution in [3.05, 3.63) is 29.1 Å². The summed E-state index contributed by atoms with van der Waals surface area (Å²) in [4.78, 5) is 12.8. The maximum absolute atomic E-state index is 12.0. The number of carbonyl (C=O) groups is 1. The Morgan fingerprint density at radius 3 is 2.88 bits per heavy atom. The van der Waals surface area contributed by atoms with Crippen LogP contribution in [0.25, 0.3) is 10.1 Å². The number of hydrogen-bond donors (Lipinski definition) is 2. The van der Waals surface area contributed by atoms with Crippen LogP contribution in [0.3, 0.4) is 0 Å². The third kappa shape index (κ3) is 2.00. The van der Waals surface area contributed by atoms with Crippen LogP contribution in [0.5, 0.6) is 0 Å². The fraction of sp³-hybridized carbons (Fsp3) is 0.308. The molecule has 3 rings (SSSR count). The molecule has 88 valence electrons. The maximum Gasteiger partial charge on any atom is 0.261 e. The standard InChI is InChI=1S/C13H14N2OS/c1-13(4-5-13)15-12(16)11-7-8-6-9(14)2-3-10(8)17-11/h2-3,6-7H,4-5,14H2,1H3,(H,15,16). The van der Waals surface area contributed by atoms with Crippen molar-refractivity contribution in [1.82, 2.24) is 5.32 Å². The monoisotopic (exact) mass is 246 g/mol. The molecule has 3 N–H and O–H groups in total. The minimum absolute atomic E-state index is 0.0322. The van der Waals surface area contributed by atoms with Gasteiger partial charge in [-0.25, -0.2) is 0 Å². The Labute approximate surface area is 104 Å². The highest BCUT2D eigenvalue weighted by Crippen LogP contribution is 2.35. The zero-order valence-corrected chi connectivity index (χ0v) is 10.4.